The van der Waals surface area contributed by atoms with Gasteiger partial charge in [-0.05, 0) is 84.2 Å². The summed E-state index contributed by atoms with van der Waals surface area (Å²) in [5, 5.41) is 17.1. The summed E-state index contributed by atoms with van der Waals surface area (Å²) in [5.41, 5.74) is 1.76. The van der Waals surface area contributed by atoms with Crippen molar-refractivity contribution in [2.75, 3.05) is 13.1 Å². The molecule has 0 spiro atoms. The lowest BCUT2D eigenvalue weighted by Gasteiger charge is -2.42. The predicted molar refractivity (Wildman–Crippen MR) is 120 cm³/mol. The van der Waals surface area contributed by atoms with Crippen LogP contribution in [0.3, 0.4) is 0 Å². The first-order valence-corrected chi connectivity index (χ1v) is 10.8. The van der Waals surface area contributed by atoms with Gasteiger partial charge in [-0.3, -0.25) is 4.79 Å². The van der Waals surface area contributed by atoms with E-state index in [1.54, 1.807) is 30.3 Å². The third kappa shape index (κ3) is 4.21. The molecule has 1 fully saturated rings. The standard InChI is InChI=1S/C26H25F2N3O/c1-17(26(8-10-30-11-9-26)21-2-4-22(27)5-3-21)25(32)31-16-20-13-18(15-29)12-19-14-23(28)6-7-24(19)20/h2-7,12-14,17,30H,8-11,16H2,1H3,(H,31,32). The van der Waals surface area contributed by atoms with E-state index < -0.39 is 0 Å². The fourth-order valence-corrected chi connectivity index (χ4v) is 4.84. The minimum atomic E-state index is -0.386. The molecule has 1 aliphatic heterocycles. The Morgan fingerprint density at radius 2 is 1.78 bits per heavy atom. The Balaban J connectivity index is 1.59. The maximum absolute atomic E-state index is 13.7. The van der Waals surface area contributed by atoms with E-state index in [9.17, 15) is 18.8 Å². The third-order valence-electron chi connectivity index (χ3n) is 6.72. The smallest absolute Gasteiger partial charge is 0.223 e. The molecule has 3 aromatic carbocycles. The highest BCUT2D eigenvalue weighted by Crippen LogP contribution is 2.40. The average molecular weight is 434 g/mol. The zero-order valence-electron chi connectivity index (χ0n) is 17.9. The molecule has 1 amide bonds. The second-order valence-corrected chi connectivity index (χ2v) is 8.47. The first-order chi connectivity index (χ1) is 15.4. The fraction of sp³-hybridized carbons (Fsp3) is 0.308. The predicted octanol–water partition coefficient (Wildman–Crippen LogP) is 4.56. The Hall–Kier alpha value is -3.30. The summed E-state index contributed by atoms with van der Waals surface area (Å²) in [6.07, 6.45) is 1.55. The van der Waals surface area contributed by atoms with Crippen LogP contribution in [0.5, 0.6) is 0 Å². The molecule has 6 heteroatoms. The number of piperidine rings is 1. The molecule has 0 aromatic heterocycles. The monoisotopic (exact) mass is 433 g/mol. The summed E-state index contributed by atoms with van der Waals surface area (Å²) in [6.45, 7) is 3.73. The van der Waals surface area contributed by atoms with Crippen LogP contribution in [0, 0.1) is 28.9 Å². The van der Waals surface area contributed by atoms with Crippen molar-refractivity contribution in [3.8, 4) is 6.07 Å². The molecular formula is C26H25F2N3O. The number of fused-ring (bicyclic) bond motifs is 1. The number of hydrogen-bond donors (Lipinski definition) is 2. The number of halogens is 2. The second-order valence-electron chi connectivity index (χ2n) is 8.47. The maximum atomic E-state index is 13.7. The first kappa shape index (κ1) is 21.9. The molecule has 0 bridgehead atoms. The van der Waals surface area contributed by atoms with Gasteiger partial charge in [0.25, 0.3) is 0 Å². The van der Waals surface area contributed by atoms with Crippen molar-refractivity contribution in [2.45, 2.75) is 31.7 Å². The zero-order valence-corrected chi connectivity index (χ0v) is 17.9. The van der Waals surface area contributed by atoms with Crippen molar-refractivity contribution < 1.29 is 13.6 Å². The van der Waals surface area contributed by atoms with Gasteiger partial charge in [0.2, 0.25) is 5.91 Å². The summed E-state index contributed by atoms with van der Waals surface area (Å²) in [5.74, 6) is -1.11. The number of carbonyl (C=O) groups is 1. The highest BCUT2D eigenvalue weighted by Gasteiger charge is 2.42. The number of benzene rings is 3. The molecule has 4 rings (SSSR count). The van der Waals surface area contributed by atoms with Gasteiger partial charge in [0.05, 0.1) is 11.6 Å². The molecule has 0 radical (unpaired) electrons. The molecule has 3 aromatic rings. The highest BCUT2D eigenvalue weighted by atomic mass is 19.1. The van der Waals surface area contributed by atoms with Crippen molar-refractivity contribution in [3.05, 3.63) is 82.9 Å². The zero-order chi connectivity index (χ0) is 22.7. The number of nitrogens with zero attached hydrogens (tertiary/aromatic N) is 1. The summed E-state index contributed by atoms with van der Waals surface area (Å²) < 4.78 is 27.2. The van der Waals surface area contributed by atoms with Crippen LogP contribution in [0.1, 0.15) is 36.5 Å². The lowest BCUT2D eigenvalue weighted by Crippen LogP contribution is -2.49. The van der Waals surface area contributed by atoms with Gasteiger partial charge >= 0.3 is 0 Å². The summed E-state index contributed by atoms with van der Waals surface area (Å²) in [7, 11) is 0. The van der Waals surface area contributed by atoms with E-state index in [1.165, 1.54) is 24.3 Å². The molecule has 1 heterocycles. The topological polar surface area (TPSA) is 64.9 Å². The Bertz CT molecular complexity index is 1180. The largest absolute Gasteiger partial charge is 0.352 e. The molecule has 1 unspecified atom stereocenters. The van der Waals surface area contributed by atoms with Gasteiger partial charge in [0.1, 0.15) is 11.6 Å². The quantitative estimate of drug-likeness (QED) is 0.620. The van der Waals surface area contributed by atoms with Crippen LogP contribution in [0.4, 0.5) is 8.78 Å². The van der Waals surface area contributed by atoms with Gasteiger partial charge in [-0.2, -0.15) is 5.26 Å². The average Bonchev–Trinajstić information content (AvgIpc) is 2.82. The molecule has 164 valence electrons. The van der Waals surface area contributed by atoms with Gasteiger partial charge < -0.3 is 10.6 Å². The van der Waals surface area contributed by atoms with Crippen LogP contribution in [0.2, 0.25) is 0 Å². The van der Waals surface area contributed by atoms with Crippen LogP contribution < -0.4 is 10.6 Å². The van der Waals surface area contributed by atoms with Crippen LogP contribution >= 0.6 is 0 Å². The lowest BCUT2D eigenvalue weighted by atomic mass is 9.65. The minimum absolute atomic E-state index is 0.103. The van der Waals surface area contributed by atoms with E-state index in [0.717, 1.165) is 42.4 Å². The number of amides is 1. The van der Waals surface area contributed by atoms with Gasteiger partial charge in [-0.25, -0.2) is 8.78 Å². The minimum Gasteiger partial charge on any atom is -0.352 e. The first-order valence-electron chi connectivity index (χ1n) is 10.8. The van der Waals surface area contributed by atoms with E-state index in [4.69, 9.17) is 0 Å². The van der Waals surface area contributed by atoms with E-state index in [1.807, 2.05) is 6.92 Å². The summed E-state index contributed by atoms with van der Waals surface area (Å²) in [6, 6.07) is 16.4. The number of nitrogens with one attached hydrogen (secondary N) is 2. The molecular weight excluding hydrogens is 408 g/mol. The van der Waals surface area contributed by atoms with Gasteiger partial charge in [0, 0.05) is 17.9 Å². The van der Waals surface area contributed by atoms with E-state index in [-0.39, 0.29) is 35.4 Å². The van der Waals surface area contributed by atoms with Crippen LogP contribution in [0.25, 0.3) is 10.8 Å². The highest BCUT2D eigenvalue weighted by molar-refractivity contribution is 5.88. The van der Waals surface area contributed by atoms with Crippen molar-refractivity contribution in [1.82, 2.24) is 10.6 Å². The molecule has 2 N–H and O–H groups in total. The van der Waals surface area contributed by atoms with Crippen molar-refractivity contribution >= 4 is 16.7 Å². The van der Waals surface area contributed by atoms with Crippen molar-refractivity contribution in [2.24, 2.45) is 5.92 Å². The SMILES string of the molecule is CC(C(=O)NCc1cc(C#N)cc2cc(F)ccc12)C1(c2ccc(F)cc2)CCNCC1. The molecule has 1 aliphatic rings. The number of carbonyl (C=O) groups excluding carboxylic acids is 1. The fourth-order valence-electron chi connectivity index (χ4n) is 4.84. The Morgan fingerprint density at radius 3 is 2.47 bits per heavy atom. The van der Waals surface area contributed by atoms with E-state index >= 15 is 0 Å². The third-order valence-corrected chi connectivity index (χ3v) is 6.72. The maximum Gasteiger partial charge on any atom is 0.223 e. The molecule has 0 aliphatic carbocycles. The Kier molecular flexibility index (Phi) is 6.20. The molecule has 32 heavy (non-hydrogen) atoms. The second kappa shape index (κ2) is 9.05. The summed E-state index contributed by atoms with van der Waals surface area (Å²) in [4.78, 5) is 13.3. The number of rotatable bonds is 5. The molecule has 0 saturated carbocycles. The van der Waals surface area contributed by atoms with Crippen molar-refractivity contribution in [3.63, 3.8) is 0 Å². The van der Waals surface area contributed by atoms with Gasteiger partial charge in [0.15, 0.2) is 0 Å². The lowest BCUT2D eigenvalue weighted by molar-refractivity contribution is -0.127. The van der Waals surface area contributed by atoms with Crippen LogP contribution in [-0.2, 0) is 16.8 Å². The molecule has 1 atom stereocenters. The molecule has 1 saturated heterocycles. The van der Waals surface area contributed by atoms with Crippen LogP contribution in [0.15, 0.2) is 54.6 Å². The van der Waals surface area contributed by atoms with E-state index in [0.29, 0.717) is 10.9 Å². The number of hydrogen-bond acceptors (Lipinski definition) is 3. The van der Waals surface area contributed by atoms with E-state index in [2.05, 4.69) is 16.7 Å². The Morgan fingerprint density at radius 1 is 1.09 bits per heavy atom. The molecule has 4 nitrogen and oxygen atoms in total. The normalized spacial score (nSPS) is 16.3. The van der Waals surface area contributed by atoms with Crippen molar-refractivity contribution in [1.29, 1.82) is 5.26 Å². The van der Waals surface area contributed by atoms with Gasteiger partial charge in [-0.15, -0.1) is 0 Å². The Labute approximate surface area is 186 Å². The number of nitriles is 1. The van der Waals surface area contributed by atoms with Gasteiger partial charge in [-0.1, -0.05) is 25.1 Å². The van der Waals surface area contributed by atoms with Crippen LogP contribution in [-0.4, -0.2) is 19.0 Å². The summed E-state index contributed by atoms with van der Waals surface area (Å²) >= 11 is 0.